The molecule has 2 aromatic rings. The first-order chi connectivity index (χ1) is 13.9. The molecular formula is C21H25Cl2N3O2S. The number of thiophene rings is 1. The monoisotopic (exact) mass is 453 g/mol. The first kappa shape index (κ1) is 22.1. The van der Waals surface area contributed by atoms with E-state index in [2.05, 4.69) is 15.5 Å². The van der Waals surface area contributed by atoms with Crippen LogP contribution in [0.4, 0.5) is 0 Å². The first-order valence-corrected chi connectivity index (χ1v) is 11.3. The largest absolute Gasteiger partial charge is 0.354 e. The van der Waals surface area contributed by atoms with Gasteiger partial charge in [0.2, 0.25) is 5.91 Å². The normalized spacial score (nSPS) is 16.4. The van der Waals surface area contributed by atoms with E-state index in [4.69, 9.17) is 23.2 Å². The zero-order chi connectivity index (χ0) is 20.8. The highest BCUT2D eigenvalue weighted by atomic mass is 35.5. The molecule has 29 heavy (non-hydrogen) atoms. The van der Waals surface area contributed by atoms with E-state index in [0.717, 1.165) is 38.0 Å². The molecule has 156 valence electrons. The summed E-state index contributed by atoms with van der Waals surface area (Å²) in [6.45, 7) is 5.15. The summed E-state index contributed by atoms with van der Waals surface area (Å²) < 4.78 is 0. The molecule has 1 saturated heterocycles. The first-order valence-electron chi connectivity index (χ1n) is 9.70. The lowest BCUT2D eigenvalue weighted by molar-refractivity contribution is -0.122. The zero-order valence-electron chi connectivity index (χ0n) is 16.3. The van der Waals surface area contributed by atoms with Crippen LogP contribution in [0.1, 0.15) is 35.0 Å². The van der Waals surface area contributed by atoms with Crippen LogP contribution in [0.25, 0.3) is 0 Å². The lowest BCUT2D eigenvalue weighted by atomic mass is 9.96. The van der Waals surface area contributed by atoms with Crippen molar-refractivity contribution < 1.29 is 9.59 Å². The SMILES string of the molecule is C[C@H](NC(=O)c1cccs1)C(=O)NCC1CCN(Cc2ccc(Cl)c(Cl)c2)CC1. The number of hydrogen-bond acceptors (Lipinski definition) is 4. The Labute approximate surface area is 185 Å². The van der Waals surface area contributed by atoms with Gasteiger partial charge in [-0.3, -0.25) is 14.5 Å². The molecule has 0 aliphatic carbocycles. The third-order valence-corrected chi connectivity index (χ3v) is 6.76. The Morgan fingerprint density at radius 1 is 1.21 bits per heavy atom. The van der Waals surface area contributed by atoms with Gasteiger partial charge in [0.15, 0.2) is 0 Å². The molecule has 0 spiro atoms. The lowest BCUT2D eigenvalue weighted by Gasteiger charge is -2.32. The van der Waals surface area contributed by atoms with Gasteiger partial charge in [0.1, 0.15) is 6.04 Å². The van der Waals surface area contributed by atoms with Crippen molar-refractivity contribution in [3.05, 3.63) is 56.2 Å². The van der Waals surface area contributed by atoms with Crippen LogP contribution in [0.2, 0.25) is 10.0 Å². The second-order valence-electron chi connectivity index (χ2n) is 7.39. The number of halogens is 2. The Morgan fingerprint density at radius 2 is 1.97 bits per heavy atom. The van der Waals surface area contributed by atoms with E-state index in [1.807, 2.05) is 29.6 Å². The standard InChI is InChI=1S/C21H25Cl2N3O2S/c1-14(25-21(28)19-3-2-10-29-19)20(27)24-12-15-6-8-26(9-7-15)13-16-4-5-17(22)18(23)11-16/h2-5,10-11,14-15H,6-9,12-13H2,1H3,(H,24,27)(H,25,28)/t14-/m0/s1. The number of benzene rings is 1. The van der Waals surface area contributed by atoms with Crippen LogP contribution >= 0.6 is 34.5 Å². The van der Waals surface area contributed by atoms with Gasteiger partial charge >= 0.3 is 0 Å². The molecule has 0 bridgehead atoms. The molecule has 2 N–H and O–H groups in total. The Bertz CT molecular complexity index is 836. The Hall–Kier alpha value is -1.60. The van der Waals surface area contributed by atoms with Gasteiger partial charge in [-0.25, -0.2) is 0 Å². The van der Waals surface area contributed by atoms with E-state index in [-0.39, 0.29) is 11.8 Å². The average molecular weight is 454 g/mol. The fourth-order valence-corrected chi connectivity index (χ4v) is 4.33. The van der Waals surface area contributed by atoms with Gasteiger partial charge in [0, 0.05) is 13.1 Å². The van der Waals surface area contributed by atoms with Gasteiger partial charge in [-0.1, -0.05) is 35.3 Å². The molecule has 1 fully saturated rings. The van der Waals surface area contributed by atoms with Crippen LogP contribution in [0.15, 0.2) is 35.7 Å². The summed E-state index contributed by atoms with van der Waals surface area (Å²) in [5.41, 5.74) is 1.15. The lowest BCUT2D eigenvalue weighted by Crippen LogP contribution is -2.46. The van der Waals surface area contributed by atoms with Crippen molar-refractivity contribution in [2.24, 2.45) is 5.92 Å². The number of amides is 2. The minimum atomic E-state index is -0.556. The van der Waals surface area contributed by atoms with E-state index in [1.54, 1.807) is 13.0 Å². The minimum Gasteiger partial charge on any atom is -0.354 e. The second kappa shape index (κ2) is 10.4. The summed E-state index contributed by atoms with van der Waals surface area (Å²) in [7, 11) is 0. The fourth-order valence-electron chi connectivity index (χ4n) is 3.38. The minimum absolute atomic E-state index is 0.145. The van der Waals surface area contributed by atoms with Crippen LogP contribution in [-0.2, 0) is 11.3 Å². The molecule has 1 aliphatic rings. The van der Waals surface area contributed by atoms with Gasteiger partial charge in [-0.05, 0) is 67.9 Å². The van der Waals surface area contributed by atoms with Gasteiger partial charge in [0.25, 0.3) is 5.91 Å². The molecule has 1 aromatic heterocycles. The van der Waals surface area contributed by atoms with Gasteiger partial charge in [-0.2, -0.15) is 0 Å². The second-order valence-corrected chi connectivity index (χ2v) is 9.15. The van der Waals surface area contributed by atoms with Crippen molar-refractivity contribution in [1.29, 1.82) is 0 Å². The Morgan fingerprint density at radius 3 is 2.62 bits per heavy atom. The van der Waals surface area contributed by atoms with Crippen LogP contribution in [0.3, 0.4) is 0 Å². The summed E-state index contributed by atoms with van der Waals surface area (Å²) in [6, 6.07) is 8.77. The highest BCUT2D eigenvalue weighted by Crippen LogP contribution is 2.24. The van der Waals surface area contributed by atoms with E-state index in [0.29, 0.717) is 27.4 Å². The summed E-state index contributed by atoms with van der Waals surface area (Å²) in [5, 5.41) is 8.72. The van der Waals surface area contributed by atoms with Crippen LogP contribution in [-0.4, -0.2) is 42.4 Å². The fraction of sp³-hybridized carbons (Fsp3) is 0.429. The molecule has 2 heterocycles. The number of nitrogens with one attached hydrogen (secondary N) is 2. The number of rotatable bonds is 7. The van der Waals surface area contributed by atoms with Crippen molar-refractivity contribution in [1.82, 2.24) is 15.5 Å². The Kier molecular flexibility index (Phi) is 7.95. The molecule has 0 radical (unpaired) electrons. The quantitative estimate of drug-likeness (QED) is 0.659. The maximum Gasteiger partial charge on any atom is 0.261 e. The highest BCUT2D eigenvalue weighted by molar-refractivity contribution is 7.12. The topological polar surface area (TPSA) is 61.4 Å². The molecule has 3 rings (SSSR count). The number of nitrogens with zero attached hydrogens (tertiary/aromatic N) is 1. The van der Waals surface area contributed by atoms with Gasteiger partial charge in [0.05, 0.1) is 14.9 Å². The van der Waals surface area contributed by atoms with Gasteiger partial charge < -0.3 is 10.6 Å². The molecule has 2 amide bonds. The predicted octanol–water partition coefficient (Wildman–Crippen LogP) is 4.20. The third kappa shape index (κ3) is 6.44. The maximum atomic E-state index is 12.3. The van der Waals surface area contributed by atoms with Gasteiger partial charge in [-0.15, -0.1) is 11.3 Å². The smallest absolute Gasteiger partial charge is 0.261 e. The summed E-state index contributed by atoms with van der Waals surface area (Å²) >= 11 is 13.4. The molecule has 0 saturated carbocycles. The number of hydrogen-bond donors (Lipinski definition) is 2. The predicted molar refractivity (Wildman–Crippen MR) is 119 cm³/mol. The molecular weight excluding hydrogens is 429 g/mol. The van der Waals surface area contributed by atoms with E-state index < -0.39 is 6.04 Å². The number of likely N-dealkylation sites (tertiary alicyclic amines) is 1. The molecule has 5 nitrogen and oxygen atoms in total. The number of carbonyl (C=O) groups excluding carboxylic acids is 2. The third-order valence-electron chi connectivity index (χ3n) is 5.15. The van der Waals surface area contributed by atoms with Crippen molar-refractivity contribution in [2.75, 3.05) is 19.6 Å². The summed E-state index contributed by atoms with van der Waals surface area (Å²) in [5.74, 6) is 0.0932. The molecule has 0 unspecified atom stereocenters. The van der Waals surface area contributed by atoms with Crippen LogP contribution in [0.5, 0.6) is 0 Å². The molecule has 1 aliphatic heterocycles. The van der Waals surface area contributed by atoms with E-state index in [9.17, 15) is 9.59 Å². The summed E-state index contributed by atoms with van der Waals surface area (Å²) in [6.07, 6.45) is 2.05. The van der Waals surface area contributed by atoms with Crippen molar-refractivity contribution >= 4 is 46.4 Å². The molecule has 8 heteroatoms. The van der Waals surface area contributed by atoms with Crippen molar-refractivity contribution in [3.63, 3.8) is 0 Å². The van der Waals surface area contributed by atoms with E-state index in [1.165, 1.54) is 11.3 Å². The van der Waals surface area contributed by atoms with E-state index >= 15 is 0 Å². The summed E-state index contributed by atoms with van der Waals surface area (Å²) in [4.78, 5) is 27.4. The Balaban J connectivity index is 1.37. The van der Waals surface area contributed by atoms with Crippen LogP contribution in [0, 0.1) is 5.92 Å². The molecule has 1 aromatic carbocycles. The number of carbonyl (C=O) groups is 2. The van der Waals surface area contributed by atoms with Crippen LogP contribution < -0.4 is 10.6 Å². The average Bonchev–Trinajstić information content (AvgIpc) is 3.25. The maximum absolute atomic E-state index is 12.3. The van der Waals surface area contributed by atoms with Crippen molar-refractivity contribution in [2.45, 2.75) is 32.4 Å². The zero-order valence-corrected chi connectivity index (χ0v) is 18.6. The molecule has 1 atom stereocenters. The highest BCUT2D eigenvalue weighted by Gasteiger charge is 2.22. The van der Waals surface area contributed by atoms with Crippen molar-refractivity contribution in [3.8, 4) is 0 Å². The number of piperidine rings is 1.